The van der Waals surface area contributed by atoms with E-state index in [9.17, 15) is 9.59 Å². The quantitative estimate of drug-likeness (QED) is 0.888. The van der Waals surface area contributed by atoms with E-state index in [0.29, 0.717) is 27.5 Å². The number of benzene rings is 2. The number of anilines is 2. The predicted molar refractivity (Wildman–Crippen MR) is 91.3 cm³/mol. The van der Waals surface area contributed by atoms with E-state index in [1.807, 2.05) is 0 Å². The van der Waals surface area contributed by atoms with Gasteiger partial charge in [0.05, 0.1) is 11.4 Å². The Hall–Kier alpha value is -2.66. The SMILES string of the molecule is [2H]C([2H])([2H])C(=O)Nc1ccc2c(c1)C(c1ccccc1Cl)=NCC(=O)N2. The van der Waals surface area contributed by atoms with Crippen molar-refractivity contribution >= 4 is 40.5 Å². The summed E-state index contributed by atoms with van der Waals surface area (Å²) in [5.41, 5.74) is 2.42. The molecule has 0 aromatic heterocycles. The Morgan fingerprint density at radius 2 is 2.13 bits per heavy atom. The summed E-state index contributed by atoms with van der Waals surface area (Å²) in [5.74, 6) is -1.38. The van der Waals surface area contributed by atoms with Crippen molar-refractivity contribution in [3.05, 3.63) is 58.6 Å². The van der Waals surface area contributed by atoms with Gasteiger partial charge in [0.15, 0.2) is 0 Å². The zero-order chi connectivity index (χ0) is 18.9. The molecule has 0 radical (unpaired) electrons. The minimum absolute atomic E-state index is 0.0772. The number of carbonyl (C=O) groups excluding carboxylic acids is 2. The van der Waals surface area contributed by atoms with Crippen molar-refractivity contribution in [3.8, 4) is 0 Å². The Kier molecular flexibility index (Phi) is 3.20. The van der Waals surface area contributed by atoms with E-state index in [-0.39, 0.29) is 18.1 Å². The smallest absolute Gasteiger partial charge is 0.246 e. The normalized spacial score (nSPS) is 16.0. The molecular weight excluding hydrogens is 314 g/mol. The van der Waals surface area contributed by atoms with E-state index in [0.717, 1.165) is 0 Å². The molecule has 0 bridgehead atoms. The van der Waals surface area contributed by atoms with E-state index >= 15 is 0 Å². The van der Waals surface area contributed by atoms with Crippen LogP contribution < -0.4 is 10.6 Å². The summed E-state index contributed by atoms with van der Waals surface area (Å²) in [6.45, 7) is -2.84. The third kappa shape index (κ3) is 3.24. The Balaban J connectivity index is 2.08. The first-order valence-electron chi connectivity index (χ1n) is 8.31. The highest BCUT2D eigenvalue weighted by atomic mass is 35.5. The molecule has 2 amide bonds. The molecule has 3 rings (SSSR count). The fourth-order valence-corrected chi connectivity index (χ4v) is 2.59. The van der Waals surface area contributed by atoms with Crippen LogP contribution in [0, 0.1) is 0 Å². The van der Waals surface area contributed by atoms with Gasteiger partial charge in [-0.1, -0.05) is 29.8 Å². The number of nitrogens with zero attached hydrogens (tertiary/aromatic N) is 1. The highest BCUT2D eigenvalue weighted by Crippen LogP contribution is 2.28. The molecule has 0 saturated carbocycles. The number of hydrogen-bond acceptors (Lipinski definition) is 3. The van der Waals surface area contributed by atoms with E-state index in [2.05, 4.69) is 15.6 Å². The van der Waals surface area contributed by atoms with E-state index in [4.69, 9.17) is 15.7 Å². The molecule has 0 fully saturated rings. The summed E-state index contributed by atoms with van der Waals surface area (Å²) < 4.78 is 21.5. The monoisotopic (exact) mass is 330 g/mol. The molecule has 0 saturated heterocycles. The standard InChI is InChI=1S/C17H14ClN3O2/c1-10(22)20-11-6-7-15-13(8-11)17(19-9-16(23)21-15)12-4-2-3-5-14(12)18/h2-8H,9H2,1H3,(H,20,22)(H,21,23)/i1D3. The third-order valence-electron chi connectivity index (χ3n) is 3.32. The number of aliphatic imine (C=N–C) groups is 1. The van der Waals surface area contributed by atoms with Gasteiger partial charge in [-0.25, -0.2) is 0 Å². The van der Waals surface area contributed by atoms with Crippen LogP contribution in [0.25, 0.3) is 0 Å². The maximum absolute atomic E-state index is 11.9. The van der Waals surface area contributed by atoms with Crippen molar-refractivity contribution in [2.45, 2.75) is 6.85 Å². The first-order chi connectivity index (χ1) is 12.3. The third-order valence-corrected chi connectivity index (χ3v) is 3.65. The molecule has 0 aliphatic carbocycles. The summed E-state index contributed by atoms with van der Waals surface area (Å²) in [6, 6.07) is 11.7. The van der Waals surface area contributed by atoms with Crippen molar-refractivity contribution in [2.24, 2.45) is 4.99 Å². The van der Waals surface area contributed by atoms with Gasteiger partial charge in [0.25, 0.3) is 0 Å². The number of rotatable bonds is 2. The molecule has 2 aromatic rings. The summed E-state index contributed by atoms with van der Waals surface area (Å²) in [4.78, 5) is 28.0. The molecule has 2 N–H and O–H groups in total. The van der Waals surface area contributed by atoms with Crippen LogP contribution in [0.1, 0.15) is 22.1 Å². The molecule has 0 unspecified atom stereocenters. The van der Waals surface area contributed by atoms with E-state index in [1.54, 1.807) is 36.4 Å². The lowest BCUT2D eigenvalue weighted by atomic mass is 10.00. The number of benzodiazepines with no additional fused rings is 1. The molecule has 1 aliphatic rings. The van der Waals surface area contributed by atoms with Gasteiger partial charge in [0.1, 0.15) is 6.54 Å². The van der Waals surface area contributed by atoms with Crippen molar-refractivity contribution in [1.82, 2.24) is 0 Å². The lowest BCUT2D eigenvalue weighted by Crippen LogP contribution is -2.13. The molecule has 2 aromatic carbocycles. The molecule has 5 nitrogen and oxygen atoms in total. The molecular formula is C17H14ClN3O2. The van der Waals surface area contributed by atoms with Crippen molar-refractivity contribution in [1.29, 1.82) is 0 Å². The average molecular weight is 331 g/mol. The fourth-order valence-electron chi connectivity index (χ4n) is 2.37. The van der Waals surface area contributed by atoms with Crippen LogP contribution in [0.5, 0.6) is 0 Å². The van der Waals surface area contributed by atoms with Gasteiger partial charge in [-0.05, 0) is 24.3 Å². The summed E-state index contributed by atoms with van der Waals surface area (Å²) in [7, 11) is 0. The van der Waals surface area contributed by atoms with Gasteiger partial charge in [-0.3, -0.25) is 14.6 Å². The number of carbonyl (C=O) groups is 2. The Labute approximate surface area is 142 Å². The second-order valence-electron chi connectivity index (χ2n) is 4.91. The van der Waals surface area contributed by atoms with Crippen molar-refractivity contribution < 1.29 is 13.7 Å². The van der Waals surface area contributed by atoms with E-state index in [1.165, 1.54) is 6.07 Å². The van der Waals surface area contributed by atoms with Gasteiger partial charge < -0.3 is 10.6 Å². The van der Waals surface area contributed by atoms with Gasteiger partial charge >= 0.3 is 0 Å². The molecule has 0 atom stereocenters. The summed E-state index contributed by atoms with van der Waals surface area (Å²) in [6.07, 6.45) is 0. The lowest BCUT2D eigenvalue weighted by molar-refractivity contribution is -0.115. The Morgan fingerprint density at radius 1 is 1.30 bits per heavy atom. The summed E-state index contributed by atoms with van der Waals surface area (Å²) >= 11 is 6.27. The van der Waals surface area contributed by atoms with Crippen LogP contribution in [0.15, 0.2) is 47.5 Å². The number of fused-ring (bicyclic) bond motifs is 1. The van der Waals surface area contributed by atoms with Gasteiger partial charge in [0.2, 0.25) is 11.8 Å². The average Bonchev–Trinajstić information content (AvgIpc) is 2.73. The molecule has 23 heavy (non-hydrogen) atoms. The number of halogens is 1. The molecule has 0 spiro atoms. The zero-order valence-electron chi connectivity index (χ0n) is 14.9. The van der Waals surface area contributed by atoms with Crippen LogP contribution in [0.3, 0.4) is 0 Å². The number of amides is 2. The van der Waals surface area contributed by atoms with Crippen LogP contribution in [-0.4, -0.2) is 24.1 Å². The van der Waals surface area contributed by atoms with Gasteiger partial charge in [0, 0.05) is 32.8 Å². The second kappa shape index (κ2) is 6.22. The van der Waals surface area contributed by atoms with Gasteiger partial charge in [-0.2, -0.15) is 0 Å². The zero-order valence-corrected chi connectivity index (χ0v) is 12.6. The minimum atomic E-state index is -2.76. The maximum atomic E-state index is 11.9. The maximum Gasteiger partial charge on any atom is 0.246 e. The predicted octanol–water partition coefficient (Wildman–Crippen LogP) is 3.09. The Bertz CT molecular complexity index is 926. The first-order valence-corrected chi connectivity index (χ1v) is 7.18. The molecule has 1 aliphatic heterocycles. The van der Waals surface area contributed by atoms with Crippen LogP contribution >= 0.6 is 11.6 Å². The highest BCUT2D eigenvalue weighted by molar-refractivity contribution is 6.36. The number of hydrogen-bond donors (Lipinski definition) is 2. The van der Waals surface area contributed by atoms with Crippen molar-refractivity contribution in [3.63, 3.8) is 0 Å². The minimum Gasteiger partial charge on any atom is -0.326 e. The van der Waals surface area contributed by atoms with Crippen molar-refractivity contribution in [2.75, 3.05) is 17.2 Å². The molecule has 1 heterocycles. The van der Waals surface area contributed by atoms with Crippen LogP contribution in [0.2, 0.25) is 5.02 Å². The van der Waals surface area contributed by atoms with Crippen LogP contribution in [-0.2, 0) is 9.59 Å². The van der Waals surface area contributed by atoms with Gasteiger partial charge in [-0.15, -0.1) is 0 Å². The fraction of sp³-hybridized carbons (Fsp3) is 0.118. The van der Waals surface area contributed by atoms with Crippen LogP contribution in [0.4, 0.5) is 11.4 Å². The number of nitrogens with one attached hydrogen (secondary N) is 2. The first kappa shape index (κ1) is 11.8. The highest BCUT2D eigenvalue weighted by Gasteiger charge is 2.20. The topological polar surface area (TPSA) is 70.6 Å². The second-order valence-corrected chi connectivity index (χ2v) is 5.31. The molecule has 116 valence electrons. The Morgan fingerprint density at radius 3 is 2.91 bits per heavy atom. The largest absolute Gasteiger partial charge is 0.326 e. The lowest BCUT2D eigenvalue weighted by Gasteiger charge is -2.13. The van der Waals surface area contributed by atoms with E-state index < -0.39 is 12.8 Å². The molecule has 6 heteroatoms. The summed E-state index contributed by atoms with van der Waals surface area (Å²) in [5, 5.41) is 5.54.